The van der Waals surface area contributed by atoms with Crippen LogP contribution in [0.25, 0.3) is 88.1 Å². The van der Waals surface area contributed by atoms with E-state index < -0.39 is 0 Å². The Kier molecular flexibility index (Phi) is 8.23. The minimum absolute atomic E-state index is 0.813. The van der Waals surface area contributed by atoms with Gasteiger partial charge in [-0.1, -0.05) is 146 Å². The number of benzene rings is 8. The third-order valence-corrected chi connectivity index (χ3v) is 10.9. The number of rotatable bonds is 7. The second kappa shape index (κ2) is 13.8. The Bertz CT molecular complexity index is 2770. The highest BCUT2D eigenvalue weighted by Gasteiger charge is 2.17. The molecule has 0 spiro atoms. The lowest BCUT2D eigenvalue weighted by Crippen LogP contribution is -2.12. The van der Waals surface area contributed by atoms with Crippen LogP contribution in [0.2, 0.25) is 0 Å². The van der Waals surface area contributed by atoms with Gasteiger partial charge in [0.25, 0.3) is 0 Å². The van der Waals surface area contributed by atoms with Crippen molar-refractivity contribution in [3.8, 4) is 45.0 Å². The molecule has 2 heterocycles. The van der Waals surface area contributed by atoms with Gasteiger partial charge in [0, 0.05) is 22.3 Å². The Labute approximate surface area is 325 Å². The highest BCUT2D eigenvalue weighted by Crippen LogP contribution is 2.35. The summed E-state index contributed by atoms with van der Waals surface area (Å²) >= 11 is 0. The Morgan fingerprint density at radius 2 is 0.518 bits per heavy atom. The van der Waals surface area contributed by atoms with Crippen molar-refractivity contribution in [3.63, 3.8) is 0 Å². The zero-order valence-electron chi connectivity index (χ0n) is 31.3. The molecular formula is C52H38N4. The standard InChI is InChI=1S/C52H38N4/c1-35(53-55-49(45-23-19-37-11-3-7-15-41(37)31-45)27-28-50(55)46-24-20-38-12-4-8-16-42(38)32-46)36(2)54-56-51(47-25-21-39-13-5-9-17-43(39)33-47)29-30-52(56)48-26-22-40-14-6-10-18-44(40)34-48/h3-34H,1-2H3/b53-35+,54-36+. The molecule has 0 aliphatic heterocycles. The van der Waals surface area contributed by atoms with Crippen LogP contribution in [0.15, 0.2) is 204 Å². The lowest BCUT2D eigenvalue weighted by atomic mass is 10.1. The molecule has 2 aromatic heterocycles. The maximum Gasteiger partial charge on any atom is 0.0812 e. The van der Waals surface area contributed by atoms with E-state index in [1.54, 1.807) is 0 Å². The summed E-state index contributed by atoms with van der Waals surface area (Å²) in [6, 6.07) is 69.2. The summed E-state index contributed by atoms with van der Waals surface area (Å²) in [6.07, 6.45) is 0. The fourth-order valence-electron chi connectivity index (χ4n) is 7.79. The monoisotopic (exact) mass is 718 g/mol. The predicted octanol–water partition coefficient (Wildman–Crippen LogP) is 13.7. The van der Waals surface area contributed by atoms with E-state index in [-0.39, 0.29) is 0 Å². The number of hydrogen-bond donors (Lipinski definition) is 0. The molecule has 0 amide bonds. The Balaban J connectivity index is 1.13. The third-order valence-electron chi connectivity index (χ3n) is 10.9. The van der Waals surface area contributed by atoms with E-state index in [0.29, 0.717) is 0 Å². The first-order valence-electron chi connectivity index (χ1n) is 19.1. The lowest BCUT2D eigenvalue weighted by molar-refractivity contribution is 0.895. The summed E-state index contributed by atoms with van der Waals surface area (Å²) in [6.45, 7) is 4.12. The Morgan fingerprint density at radius 1 is 0.286 bits per heavy atom. The first-order valence-corrected chi connectivity index (χ1v) is 19.1. The largest absolute Gasteiger partial charge is 0.232 e. The molecule has 0 fully saturated rings. The molecule has 8 aromatic carbocycles. The van der Waals surface area contributed by atoms with Gasteiger partial charge in [0.1, 0.15) is 0 Å². The molecule has 266 valence electrons. The molecule has 10 aromatic rings. The van der Waals surface area contributed by atoms with Gasteiger partial charge in [0.15, 0.2) is 0 Å². The molecule has 0 unspecified atom stereocenters. The van der Waals surface area contributed by atoms with E-state index in [0.717, 1.165) is 56.5 Å². The molecule has 0 N–H and O–H groups in total. The maximum absolute atomic E-state index is 5.39. The van der Waals surface area contributed by atoms with Crippen LogP contribution in [0.3, 0.4) is 0 Å². The van der Waals surface area contributed by atoms with Gasteiger partial charge in [-0.05, 0) is 105 Å². The number of nitrogens with zero attached hydrogens (tertiary/aromatic N) is 4. The zero-order chi connectivity index (χ0) is 37.6. The van der Waals surface area contributed by atoms with Crippen LogP contribution in [0.5, 0.6) is 0 Å². The summed E-state index contributed by atoms with van der Waals surface area (Å²) in [7, 11) is 0. The zero-order valence-corrected chi connectivity index (χ0v) is 31.3. The summed E-state index contributed by atoms with van der Waals surface area (Å²) in [4.78, 5) is 0. The van der Waals surface area contributed by atoms with Crippen LogP contribution in [0.1, 0.15) is 13.8 Å². The van der Waals surface area contributed by atoms with Crippen molar-refractivity contribution in [2.24, 2.45) is 10.2 Å². The number of aromatic nitrogens is 2. The van der Waals surface area contributed by atoms with Crippen molar-refractivity contribution >= 4 is 54.5 Å². The molecule has 0 radical (unpaired) electrons. The topological polar surface area (TPSA) is 34.6 Å². The van der Waals surface area contributed by atoms with E-state index >= 15 is 0 Å². The fraction of sp³-hybridized carbons (Fsp3) is 0.0385. The average Bonchev–Trinajstić information content (AvgIpc) is 3.87. The van der Waals surface area contributed by atoms with Crippen molar-refractivity contribution in [1.29, 1.82) is 0 Å². The second-order valence-electron chi connectivity index (χ2n) is 14.4. The first-order chi connectivity index (χ1) is 27.6. The molecule has 56 heavy (non-hydrogen) atoms. The molecule has 0 aliphatic carbocycles. The van der Waals surface area contributed by atoms with Gasteiger partial charge in [-0.2, -0.15) is 10.2 Å². The maximum atomic E-state index is 5.39. The number of hydrogen-bond acceptors (Lipinski definition) is 2. The minimum atomic E-state index is 0.813. The highest BCUT2D eigenvalue weighted by molar-refractivity contribution is 6.40. The van der Waals surface area contributed by atoms with Gasteiger partial charge in [0.2, 0.25) is 0 Å². The normalized spacial score (nSPS) is 12.3. The average molecular weight is 719 g/mol. The van der Waals surface area contributed by atoms with E-state index in [2.05, 4.69) is 217 Å². The highest BCUT2D eigenvalue weighted by atomic mass is 15.4. The van der Waals surface area contributed by atoms with Crippen LogP contribution in [0.4, 0.5) is 0 Å². The predicted molar refractivity (Wildman–Crippen MR) is 238 cm³/mol. The van der Waals surface area contributed by atoms with Crippen LogP contribution in [-0.4, -0.2) is 20.8 Å². The fourth-order valence-corrected chi connectivity index (χ4v) is 7.79. The molecule has 0 saturated carbocycles. The Morgan fingerprint density at radius 3 is 0.768 bits per heavy atom. The van der Waals surface area contributed by atoms with Crippen molar-refractivity contribution < 1.29 is 0 Å². The first kappa shape index (κ1) is 33.3. The van der Waals surface area contributed by atoms with E-state index in [9.17, 15) is 0 Å². The number of fused-ring (bicyclic) bond motifs is 4. The van der Waals surface area contributed by atoms with Gasteiger partial charge in [-0.25, -0.2) is 9.35 Å². The summed E-state index contributed by atoms with van der Waals surface area (Å²) in [5.74, 6) is 0. The van der Waals surface area contributed by atoms with Gasteiger partial charge >= 0.3 is 0 Å². The second-order valence-corrected chi connectivity index (χ2v) is 14.4. The van der Waals surface area contributed by atoms with Crippen LogP contribution in [-0.2, 0) is 0 Å². The van der Waals surface area contributed by atoms with Crippen LogP contribution >= 0.6 is 0 Å². The SMILES string of the molecule is CC(=N\n1c(-c2ccc3ccccc3c2)ccc1-c1ccc2ccccc2c1)/C(C)=N/n1c(-c2ccc3ccccc3c2)ccc1-c1ccc2ccccc2c1. The molecule has 0 atom stereocenters. The van der Waals surface area contributed by atoms with Crippen molar-refractivity contribution in [2.45, 2.75) is 13.8 Å². The van der Waals surface area contributed by atoms with Gasteiger partial charge in [0.05, 0.1) is 34.2 Å². The van der Waals surface area contributed by atoms with Crippen molar-refractivity contribution in [3.05, 3.63) is 194 Å². The van der Waals surface area contributed by atoms with E-state index in [1.165, 1.54) is 43.1 Å². The minimum Gasteiger partial charge on any atom is -0.232 e. The Hall–Kier alpha value is -7.30. The van der Waals surface area contributed by atoms with Crippen LogP contribution in [0, 0.1) is 0 Å². The molecule has 4 heteroatoms. The van der Waals surface area contributed by atoms with Gasteiger partial charge < -0.3 is 0 Å². The molecule has 4 nitrogen and oxygen atoms in total. The van der Waals surface area contributed by atoms with Crippen molar-refractivity contribution in [1.82, 2.24) is 9.35 Å². The van der Waals surface area contributed by atoms with E-state index in [4.69, 9.17) is 10.2 Å². The smallest absolute Gasteiger partial charge is 0.0812 e. The van der Waals surface area contributed by atoms with Gasteiger partial charge in [-0.3, -0.25) is 0 Å². The summed E-state index contributed by atoms with van der Waals surface area (Å²) < 4.78 is 4.18. The molecular weight excluding hydrogens is 681 g/mol. The molecule has 0 aliphatic rings. The molecule has 10 rings (SSSR count). The molecule has 0 bridgehead atoms. The summed E-state index contributed by atoms with van der Waals surface area (Å²) in [5.41, 5.74) is 10.1. The lowest BCUT2D eigenvalue weighted by Gasteiger charge is -2.14. The summed E-state index contributed by atoms with van der Waals surface area (Å²) in [5, 5.41) is 20.4. The molecule has 0 saturated heterocycles. The van der Waals surface area contributed by atoms with Gasteiger partial charge in [-0.15, -0.1) is 0 Å². The van der Waals surface area contributed by atoms with Crippen LogP contribution < -0.4 is 0 Å². The van der Waals surface area contributed by atoms with Crippen molar-refractivity contribution in [2.75, 3.05) is 0 Å². The van der Waals surface area contributed by atoms with E-state index in [1.807, 2.05) is 0 Å². The quantitative estimate of drug-likeness (QED) is 0.147. The third kappa shape index (κ3) is 6.08.